The number of aliphatic hydroxyl groups is 11. The minimum Gasteiger partial charge on any atom is -0.394 e. The Labute approximate surface area is 443 Å². The van der Waals surface area contributed by atoms with Gasteiger partial charge in [-0.25, -0.2) is 0 Å². The Bertz CT molecular complexity index is 1750. The Hall–Kier alpha value is -3.29. The number of hydrogen-bond donors (Lipinski definition) is 12. The maximum atomic E-state index is 13.2. The zero-order chi connectivity index (χ0) is 54.8. The second kappa shape index (κ2) is 39.1. The van der Waals surface area contributed by atoms with E-state index >= 15 is 0 Å². The monoisotopic (exact) mass is 1070 g/mol. The van der Waals surface area contributed by atoms with E-state index in [1.807, 2.05) is 12.2 Å². The van der Waals surface area contributed by atoms with Crippen LogP contribution in [0.2, 0.25) is 0 Å². The molecule has 75 heavy (non-hydrogen) atoms. The molecule has 3 rings (SSSR count). The van der Waals surface area contributed by atoms with Crippen LogP contribution in [0.15, 0.2) is 97.2 Å². The molecule has 19 heteroatoms. The van der Waals surface area contributed by atoms with Crippen LogP contribution in [0.3, 0.4) is 0 Å². The lowest BCUT2D eigenvalue weighted by Gasteiger charge is -2.48. The minimum atomic E-state index is -1.99. The van der Waals surface area contributed by atoms with E-state index in [9.17, 15) is 61.0 Å². The highest BCUT2D eigenvalue weighted by atomic mass is 16.8. The average Bonchev–Trinajstić information content (AvgIpc) is 3.41. The maximum Gasteiger partial charge on any atom is 0.220 e. The first-order chi connectivity index (χ1) is 36.3. The second-order valence-electron chi connectivity index (χ2n) is 18.9. The molecule has 0 aromatic heterocycles. The lowest BCUT2D eigenvalue weighted by atomic mass is 9.96. The molecule has 0 spiro atoms. The van der Waals surface area contributed by atoms with Gasteiger partial charge in [-0.3, -0.25) is 4.79 Å². The standard InChI is InChI=1S/C56H91NO18/c1-3-5-7-9-11-13-15-17-18-19-20-22-24-26-28-30-32-34-44(62)57-39(40(61)33-31-29-27-25-23-21-16-14-12-10-8-6-4-2)38-70-54-50(68)47(65)52(42(36-59)72-54)75-56-51(69)48(66)53(43(37-60)73-56)74-55-49(67)46(64)45(63)41(35-58)71-55/h5,7,11-14,17-18,20,22-23,25-26,28,31,33,39-43,45-56,58-61,63-69H,3-4,6,8-10,15-16,19,21,24,27,29-30,32,34-38H2,1-2H3,(H,57,62)/b7-5-,13-11-,14-12+,18-17-,22-20-,25-23+,28-26-,33-31+. The largest absolute Gasteiger partial charge is 0.394 e. The zero-order valence-corrected chi connectivity index (χ0v) is 44.0. The Kier molecular flexibility index (Phi) is 34.4. The average molecular weight is 1070 g/mol. The number of carbonyl (C=O) groups excluding carboxylic acids is 1. The van der Waals surface area contributed by atoms with Crippen LogP contribution in [0.4, 0.5) is 0 Å². The van der Waals surface area contributed by atoms with Gasteiger partial charge < -0.3 is 89.9 Å². The van der Waals surface area contributed by atoms with Crippen LogP contribution >= 0.6 is 0 Å². The number of unbranched alkanes of at least 4 members (excludes halogenated alkanes) is 6. The smallest absolute Gasteiger partial charge is 0.220 e. The molecular weight excluding hydrogens is 975 g/mol. The highest BCUT2D eigenvalue weighted by molar-refractivity contribution is 5.76. The summed E-state index contributed by atoms with van der Waals surface area (Å²) in [6, 6.07) is -1.03. The van der Waals surface area contributed by atoms with Crippen LogP contribution in [0.25, 0.3) is 0 Å². The van der Waals surface area contributed by atoms with Crippen molar-refractivity contribution in [2.75, 3.05) is 26.4 Å². The van der Waals surface area contributed by atoms with E-state index in [-0.39, 0.29) is 12.3 Å². The number of aliphatic hydroxyl groups excluding tert-OH is 11. The van der Waals surface area contributed by atoms with Gasteiger partial charge in [0.05, 0.1) is 38.6 Å². The molecule has 0 saturated carbocycles. The molecule has 3 aliphatic heterocycles. The van der Waals surface area contributed by atoms with Crippen molar-refractivity contribution in [2.24, 2.45) is 0 Å². The first kappa shape index (κ1) is 66.0. The molecule has 3 saturated heterocycles. The van der Waals surface area contributed by atoms with Crippen molar-refractivity contribution in [3.63, 3.8) is 0 Å². The first-order valence-corrected chi connectivity index (χ1v) is 27.0. The summed E-state index contributed by atoms with van der Waals surface area (Å²) in [5.74, 6) is -0.354. The van der Waals surface area contributed by atoms with Crippen molar-refractivity contribution < 1.29 is 89.4 Å². The fourth-order valence-electron chi connectivity index (χ4n) is 8.37. The van der Waals surface area contributed by atoms with Crippen LogP contribution in [0, 0.1) is 0 Å². The lowest BCUT2D eigenvalue weighted by molar-refractivity contribution is -0.379. The topological polar surface area (TPSA) is 307 Å². The Balaban J connectivity index is 1.58. The number of rotatable bonds is 36. The third kappa shape index (κ3) is 24.1. The molecule has 1 amide bonds. The van der Waals surface area contributed by atoms with Crippen molar-refractivity contribution in [2.45, 2.75) is 221 Å². The lowest BCUT2D eigenvalue weighted by Crippen LogP contribution is -2.66. The Morgan fingerprint density at radius 3 is 1.44 bits per heavy atom. The minimum absolute atomic E-state index is 0.147. The van der Waals surface area contributed by atoms with Gasteiger partial charge in [0, 0.05) is 6.42 Å². The van der Waals surface area contributed by atoms with Crippen molar-refractivity contribution in [1.82, 2.24) is 5.32 Å². The van der Waals surface area contributed by atoms with Crippen LogP contribution < -0.4 is 5.32 Å². The van der Waals surface area contributed by atoms with Crippen molar-refractivity contribution in [3.05, 3.63) is 97.2 Å². The van der Waals surface area contributed by atoms with E-state index in [0.29, 0.717) is 19.3 Å². The molecular formula is C56H91NO18. The van der Waals surface area contributed by atoms with Crippen LogP contribution in [0.1, 0.15) is 117 Å². The predicted molar refractivity (Wildman–Crippen MR) is 281 cm³/mol. The summed E-state index contributed by atoms with van der Waals surface area (Å²) in [6.07, 6.45) is 19.8. The summed E-state index contributed by atoms with van der Waals surface area (Å²) < 4.78 is 34.1. The van der Waals surface area contributed by atoms with Gasteiger partial charge in [0.1, 0.15) is 73.2 Å². The third-order valence-corrected chi connectivity index (χ3v) is 12.8. The number of carbonyl (C=O) groups is 1. The van der Waals surface area contributed by atoms with Gasteiger partial charge in [0.15, 0.2) is 18.9 Å². The van der Waals surface area contributed by atoms with E-state index in [1.54, 1.807) is 12.2 Å². The van der Waals surface area contributed by atoms with Crippen molar-refractivity contribution >= 4 is 5.91 Å². The predicted octanol–water partition coefficient (Wildman–Crippen LogP) is 3.03. The molecule has 3 fully saturated rings. The summed E-state index contributed by atoms with van der Waals surface area (Å²) in [4.78, 5) is 13.2. The van der Waals surface area contributed by atoms with E-state index in [1.165, 1.54) is 19.3 Å². The Morgan fingerprint density at radius 1 is 0.493 bits per heavy atom. The molecule has 0 radical (unpaired) electrons. The van der Waals surface area contributed by atoms with E-state index in [0.717, 1.165) is 57.8 Å². The quantitative estimate of drug-likeness (QED) is 0.0317. The summed E-state index contributed by atoms with van der Waals surface area (Å²) in [6.45, 7) is 1.44. The molecule has 3 aliphatic rings. The number of ether oxygens (including phenoxy) is 6. The van der Waals surface area contributed by atoms with E-state index in [4.69, 9.17) is 28.4 Å². The molecule has 3 heterocycles. The van der Waals surface area contributed by atoms with Gasteiger partial charge in [0.2, 0.25) is 5.91 Å². The van der Waals surface area contributed by atoms with Gasteiger partial charge >= 0.3 is 0 Å². The number of hydrogen-bond acceptors (Lipinski definition) is 18. The molecule has 0 aromatic carbocycles. The van der Waals surface area contributed by atoms with E-state index < -0.39 is 131 Å². The van der Waals surface area contributed by atoms with Crippen LogP contribution in [-0.4, -0.2) is 193 Å². The third-order valence-electron chi connectivity index (χ3n) is 12.8. The SMILES string of the molecule is CC/C=C\C/C=C\C/C=C\C/C=C\C/C=C\CCCC(=O)NC(COC1OC(CO)C(OC2OC(CO)C(OC3OC(CO)C(O)C(O)C3O)C(O)C2O)C(O)C1O)C(O)/C=C/CC/C=C/CC/C=C/CCCCC. The number of amides is 1. The number of nitrogens with one attached hydrogen (secondary N) is 1. The molecule has 428 valence electrons. The summed E-state index contributed by atoms with van der Waals surface area (Å²) in [5, 5.41) is 120. The summed E-state index contributed by atoms with van der Waals surface area (Å²) in [5.41, 5.74) is 0. The normalized spacial score (nSPS) is 32.0. The number of allylic oxidation sites excluding steroid dienone is 15. The van der Waals surface area contributed by atoms with E-state index in [2.05, 4.69) is 92.1 Å². The first-order valence-electron chi connectivity index (χ1n) is 27.0. The van der Waals surface area contributed by atoms with Gasteiger partial charge in [-0.15, -0.1) is 0 Å². The van der Waals surface area contributed by atoms with Gasteiger partial charge in [0.25, 0.3) is 0 Å². The maximum absolute atomic E-state index is 13.2. The van der Waals surface area contributed by atoms with Gasteiger partial charge in [-0.2, -0.15) is 0 Å². The highest BCUT2D eigenvalue weighted by Gasteiger charge is 2.53. The second-order valence-corrected chi connectivity index (χ2v) is 18.9. The van der Waals surface area contributed by atoms with Crippen molar-refractivity contribution in [1.29, 1.82) is 0 Å². The molecule has 0 aliphatic carbocycles. The molecule has 12 N–H and O–H groups in total. The summed E-state index contributed by atoms with van der Waals surface area (Å²) in [7, 11) is 0. The molecule has 0 aromatic rings. The highest BCUT2D eigenvalue weighted by Crippen LogP contribution is 2.33. The van der Waals surface area contributed by atoms with Gasteiger partial charge in [-0.1, -0.05) is 124 Å². The molecule has 0 bridgehead atoms. The zero-order valence-electron chi connectivity index (χ0n) is 44.0. The molecule has 17 unspecified atom stereocenters. The van der Waals surface area contributed by atoms with Crippen LogP contribution in [0.5, 0.6) is 0 Å². The molecule has 17 atom stereocenters. The molecule has 19 nitrogen and oxygen atoms in total. The Morgan fingerprint density at radius 2 is 0.920 bits per heavy atom. The van der Waals surface area contributed by atoms with Crippen molar-refractivity contribution in [3.8, 4) is 0 Å². The fraction of sp³-hybridized carbons (Fsp3) is 0.696. The fourth-order valence-corrected chi connectivity index (χ4v) is 8.37. The van der Waals surface area contributed by atoms with Gasteiger partial charge in [-0.05, 0) is 83.5 Å². The summed E-state index contributed by atoms with van der Waals surface area (Å²) >= 11 is 0. The van der Waals surface area contributed by atoms with Crippen LogP contribution in [-0.2, 0) is 33.2 Å².